The van der Waals surface area contributed by atoms with Crippen molar-refractivity contribution in [1.29, 1.82) is 0 Å². The van der Waals surface area contributed by atoms with Gasteiger partial charge in [0.1, 0.15) is 12.0 Å². The first-order valence-electron chi connectivity index (χ1n) is 8.44. The fourth-order valence-corrected chi connectivity index (χ4v) is 2.43. The van der Waals surface area contributed by atoms with Gasteiger partial charge < -0.3 is 14.5 Å². The van der Waals surface area contributed by atoms with Crippen LogP contribution in [0.1, 0.15) is 29.9 Å². The first-order valence-corrected chi connectivity index (χ1v) is 8.44. The van der Waals surface area contributed by atoms with Gasteiger partial charge in [0, 0.05) is 5.56 Å². The van der Waals surface area contributed by atoms with Crippen LogP contribution in [-0.4, -0.2) is 17.0 Å². The minimum absolute atomic E-state index is 0.00533. The first kappa shape index (κ1) is 19.5. The lowest BCUT2D eigenvalue weighted by Crippen LogP contribution is -2.14. The van der Waals surface area contributed by atoms with Crippen LogP contribution < -0.4 is 10.1 Å². The number of amides is 1. The summed E-state index contributed by atoms with van der Waals surface area (Å²) in [6.45, 7) is 3.74. The molecule has 1 N–H and O–H groups in total. The van der Waals surface area contributed by atoms with Crippen LogP contribution in [0.15, 0.2) is 59.2 Å². The van der Waals surface area contributed by atoms with Gasteiger partial charge in [-0.3, -0.25) is 4.79 Å². The quantitative estimate of drug-likeness (QED) is 0.634. The summed E-state index contributed by atoms with van der Waals surface area (Å²) in [4.78, 5) is 16.5. The molecular formula is C20H17F3N2O3. The average molecular weight is 390 g/mol. The standard InChI is InChI=1S/C20H17F3N2O3/c1-12(2)28-17-6-4-3-5-15(17)24-18(26)16-11-27-19(25-16)13-7-9-14(10-8-13)20(21,22)23/h3-12H,1-2H3,(H,24,26). The monoisotopic (exact) mass is 390 g/mol. The highest BCUT2D eigenvalue weighted by Gasteiger charge is 2.30. The molecule has 0 saturated carbocycles. The van der Waals surface area contributed by atoms with Gasteiger partial charge in [-0.05, 0) is 50.2 Å². The lowest BCUT2D eigenvalue weighted by Gasteiger charge is -2.14. The van der Waals surface area contributed by atoms with E-state index in [0.29, 0.717) is 17.0 Å². The minimum atomic E-state index is -4.42. The molecule has 0 fully saturated rings. The number of hydrogen-bond donors (Lipinski definition) is 1. The van der Waals surface area contributed by atoms with E-state index in [1.165, 1.54) is 12.1 Å². The van der Waals surface area contributed by atoms with E-state index in [2.05, 4.69) is 10.3 Å². The molecule has 0 radical (unpaired) electrons. The van der Waals surface area contributed by atoms with E-state index in [0.717, 1.165) is 18.4 Å². The van der Waals surface area contributed by atoms with Crippen LogP contribution in [0.5, 0.6) is 5.75 Å². The second-order valence-corrected chi connectivity index (χ2v) is 6.23. The molecule has 1 amide bonds. The Hall–Kier alpha value is -3.29. The number of para-hydroxylation sites is 2. The fourth-order valence-electron chi connectivity index (χ4n) is 2.43. The molecule has 0 aliphatic heterocycles. The van der Waals surface area contributed by atoms with Crippen LogP contribution >= 0.6 is 0 Å². The Morgan fingerprint density at radius 1 is 1.11 bits per heavy atom. The van der Waals surface area contributed by atoms with Gasteiger partial charge in [-0.2, -0.15) is 13.2 Å². The molecule has 3 rings (SSSR count). The first-order chi connectivity index (χ1) is 13.2. The third-order valence-corrected chi connectivity index (χ3v) is 3.69. The summed E-state index contributed by atoms with van der Waals surface area (Å²) >= 11 is 0. The second-order valence-electron chi connectivity index (χ2n) is 6.23. The molecule has 0 aliphatic carbocycles. The average Bonchev–Trinajstić information content (AvgIpc) is 3.12. The molecule has 1 heterocycles. The Morgan fingerprint density at radius 3 is 2.43 bits per heavy atom. The summed E-state index contributed by atoms with van der Waals surface area (Å²) in [5.41, 5.74) is 0.0210. The van der Waals surface area contributed by atoms with Crippen LogP contribution in [0.3, 0.4) is 0 Å². The number of alkyl halides is 3. The number of anilines is 1. The molecule has 146 valence electrons. The molecule has 1 aromatic heterocycles. The Labute approximate surface area is 159 Å². The number of hydrogen-bond acceptors (Lipinski definition) is 4. The number of benzene rings is 2. The predicted molar refractivity (Wildman–Crippen MR) is 97.1 cm³/mol. The molecule has 0 bridgehead atoms. The fraction of sp³-hybridized carbons (Fsp3) is 0.200. The van der Waals surface area contributed by atoms with Gasteiger partial charge in [-0.25, -0.2) is 4.98 Å². The molecule has 0 aliphatic rings. The zero-order chi connectivity index (χ0) is 20.3. The Balaban J connectivity index is 1.76. The van der Waals surface area contributed by atoms with E-state index in [1.807, 2.05) is 13.8 Å². The summed E-state index contributed by atoms with van der Waals surface area (Å²) in [7, 11) is 0. The molecule has 0 saturated heterocycles. The number of oxazole rings is 1. The van der Waals surface area contributed by atoms with Crippen molar-refractivity contribution in [1.82, 2.24) is 4.98 Å². The zero-order valence-corrected chi connectivity index (χ0v) is 15.1. The smallest absolute Gasteiger partial charge is 0.416 e. The molecule has 28 heavy (non-hydrogen) atoms. The van der Waals surface area contributed by atoms with Crippen molar-refractivity contribution in [2.45, 2.75) is 26.1 Å². The predicted octanol–water partition coefficient (Wildman–Crippen LogP) is 5.40. The maximum Gasteiger partial charge on any atom is 0.416 e. The van der Waals surface area contributed by atoms with Crippen molar-refractivity contribution in [2.24, 2.45) is 0 Å². The number of nitrogens with one attached hydrogen (secondary N) is 1. The largest absolute Gasteiger partial charge is 0.489 e. The zero-order valence-electron chi connectivity index (χ0n) is 15.1. The van der Waals surface area contributed by atoms with Crippen LogP contribution in [0, 0.1) is 0 Å². The summed E-state index contributed by atoms with van der Waals surface area (Å²) in [6, 6.07) is 11.3. The lowest BCUT2D eigenvalue weighted by atomic mass is 10.1. The molecule has 0 atom stereocenters. The van der Waals surface area contributed by atoms with Gasteiger partial charge in [-0.15, -0.1) is 0 Å². The highest BCUT2D eigenvalue weighted by Crippen LogP contribution is 2.31. The number of nitrogens with zero attached hydrogens (tertiary/aromatic N) is 1. The van der Waals surface area contributed by atoms with Crippen molar-refractivity contribution < 1.29 is 27.1 Å². The normalized spacial score (nSPS) is 11.5. The van der Waals surface area contributed by atoms with Gasteiger partial charge in [0.05, 0.1) is 17.4 Å². The number of rotatable bonds is 5. The third-order valence-electron chi connectivity index (χ3n) is 3.69. The van der Waals surface area contributed by atoms with Gasteiger partial charge in [0.2, 0.25) is 5.89 Å². The molecule has 8 heteroatoms. The Kier molecular flexibility index (Phi) is 5.39. The van der Waals surface area contributed by atoms with Gasteiger partial charge in [0.25, 0.3) is 5.91 Å². The second kappa shape index (κ2) is 7.75. The molecular weight excluding hydrogens is 373 g/mol. The van der Waals surface area contributed by atoms with Crippen LogP contribution in [-0.2, 0) is 6.18 Å². The van der Waals surface area contributed by atoms with Crippen LogP contribution in [0.4, 0.5) is 18.9 Å². The summed E-state index contributed by atoms with van der Waals surface area (Å²) < 4.78 is 48.8. The molecule has 3 aromatic rings. The highest BCUT2D eigenvalue weighted by molar-refractivity contribution is 6.03. The number of aromatic nitrogens is 1. The summed E-state index contributed by atoms with van der Waals surface area (Å²) in [6.07, 6.45) is -3.35. The minimum Gasteiger partial charge on any atom is -0.489 e. The van der Waals surface area contributed by atoms with Gasteiger partial charge >= 0.3 is 6.18 Å². The Bertz CT molecular complexity index is 963. The topological polar surface area (TPSA) is 64.4 Å². The van der Waals surface area contributed by atoms with Crippen molar-refractivity contribution >= 4 is 11.6 Å². The van der Waals surface area contributed by atoms with E-state index in [1.54, 1.807) is 24.3 Å². The molecule has 2 aromatic carbocycles. The van der Waals surface area contributed by atoms with E-state index in [-0.39, 0.29) is 17.7 Å². The maximum absolute atomic E-state index is 12.6. The van der Waals surface area contributed by atoms with E-state index in [9.17, 15) is 18.0 Å². The maximum atomic E-state index is 12.6. The molecule has 5 nitrogen and oxygen atoms in total. The van der Waals surface area contributed by atoms with Gasteiger partial charge in [0.15, 0.2) is 5.69 Å². The summed E-state index contributed by atoms with van der Waals surface area (Å²) in [5, 5.41) is 2.69. The van der Waals surface area contributed by atoms with E-state index >= 15 is 0 Å². The molecule has 0 unspecified atom stereocenters. The number of carbonyl (C=O) groups is 1. The summed E-state index contributed by atoms with van der Waals surface area (Å²) in [5.74, 6) is 0.0321. The number of halogens is 3. The van der Waals surface area contributed by atoms with Crippen molar-refractivity contribution in [3.05, 3.63) is 66.1 Å². The van der Waals surface area contributed by atoms with E-state index in [4.69, 9.17) is 9.15 Å². The van der Waals surface area contributed by atoms with Crippen LogP contribution in [0.2, 0.25) is 0 Å². The molecule has 0 spiro atoms. The van der Waals surface area contributed by atoms with Crippen LogP contribution in [0.25, 0.3) is 11.5 Å². The highest BCUT2D eigenvalue weighted by atomic mass is 19.4. The SMILES string of the molecule is CC(C)Oc1ccccc1NC(=O)c1coc(-c2ccc(C(F)(F)F)cc2)n1. The van der Waals surface area contributed by atoms with Crippen molar-refractivity contribution in [3.8, 4) is 17.2 Å². The number of ether oxygens (including phenoxy) is 1. The lowest BCUT2D eigenvalue weighted by molar-refractivity contribution is -0.137. The van der Waals surface area contributed by atoms with Crippen molar-refractivity contribution in [3.63, 3.8) is 0 Å². The number of carbonyl (C=O) groups excluding carboxylic acids is 1. The van der Waals surface area contributed by atoms with E-state index < -0.39 is 17.6 Å². The van der Waals surface area contributed by atoms with Crippen molar-refractivity contribution in [2.75, 3.05) is 5.32 Å². The van der Waals surface area contributed by atoms with Gasteiger partial charge in [-0.1, -0.05) is 12.1 Å². The Morgan fingerprint density at radius 2 is 1.79 bits per heavy atom. The third kappa shape index (κ3) is 4.51.